The van der Waals surface area contributed by atoms with Gasteiger partial charge in [-0.2, -0.15) is 0 Å². The summed E-state index contributed by atoms with van der Waals surface area (Å²) in [5.41, 5.74) is 7.23. The fourth-order valence-electron chi connectivity index (χ4n) is 5.52. The SMILES string of the molecule is CC(C)=Cc1cc(NC2CCN(c3nc4ccccc4n3C3CC3)CC2)ccc1C(=N)c1cccc(F)c1. The molecule has 0 bridgehead atoms. The Bertz CT molecular complexity index is 1520. The van der Waals surface area contributed by atoms with Crippen LogP contribution in [0.1, 0.15) is 62.3 Å². The number of benzene rings is 3. The molecule has 0 atom stereocenters. The van der Waals surface area contributed by atoms with Crippen molar-refractivity contribution < 1.29 is 4.39 Å². The van der Waals surface area contributed by atoms with Crippen molar-refractivity contribution >= 4 is 34.5 Å². The van der Waals surface area contributed by atoms with Crippen molar-refractivity contribution in [3.8, 4) is 0 Å². The highest BCUT2D eigenvalue weighted by molar-refractivity contribution is 6.13. The van der Waals surface area contributed by atoms with Gasteiger partial charge in [-0.25, -0.2) is 9.37 Å². The predicted octanol–water partition coefficient (Wildman–Crippen LogP) is 7.43. The van der Waals surface area contributed by atoms with E-state index in [0.717, 1.165) is 59.8 Å². The van der Waals surface area contributed by atoms with Crippen molar-refractivity contribution in [2.45, 2.75) is 51.6 Å². The Morgan fingerprint density at radius 1 is 0.974 bits per heavy atom. The van der Waals surface area contributed by atoms with Crippen LogP contribution in [-0.4, -0.2) is 34.4 Å². The van der Waals surface area contributed by atoms with Crippen LogP contribution in [0.25, 0.3) is 17.1 Å². The first-order valence-corrected chi connectivity index (χ1v) is 13.6. The van der Waals surface area contributed by atoms with E-state index in [0.29, 0.717) is 23.4 Å². The third kappa shape index (κ3) is 4.95. The smallest absolute Gasteiger partial charge is 0.206 e. The summed E-state index contributed by atoms with van der Waals surface area (Å²) >= 11 is 0. The van der Waals surface area contributed by atoms with Crippen LogP contribution in [0, 0.1) is 11.2 Å². The molecule has 38 heavy (non-hydrogen) atoms. The zero-order valence-electron chi connectivity index (χ0n) is 22.0. The Kier molecular flexibility index (Phi) is 6.48. The van der Waals surface area contributed by atoms with Gasteiger partial charge in [-0.3, -0.25) is 5.41 Å². The maximum Gasteiger partial charge on any atom is 0.206 e. The molecule has 194 valence electrons. The molecule has 1 aliphatic carbocycles. The van der Waals surface area contributed by atoms with Gasteiger partial charge in [-0.15, -0.1) is 0 Å². The molecule has 3 aromatic carbocycles. The second-order valence-corrected chi connectivity index (χ2v) is 10.8. The number of hydrogen-bond donors (Lipinski definition) is 2. The van der Waals surface area contributed by atoms with Gasteiger partial charge >= 0.3 is 0 Å². The molecule has 0 amide bonds. The van der Waals surface area contributed by atoms with Crippen LogP contribution in [0.5, 0.6) is 0 Å². The fraction of sp³-hybridized carbons (Fsp3) is 0.312. The number of hydrogen-bond acceptors (Lipinski definition) is 4. The van der Waals surface area contributed by atoms with Crippen molar-refractivity contribution in [1.29, 1.82) is 5.41 Å². The highest BCUT2D eigenvalue weighted by atomic mass is 19.1. The molecule has 0 spiro atoms. The summed E-state index contributed by atoms with van der Waals surface area (Å²) in [5.74, 6) is 0.798. The average molecular weight is 508 g/mol. The van der Waals surface area contributed by atoms with Crippen LogP contribution in [0.2, 0.25) is 0 Å². The van der Waals surface area contributed by atoms with Gasteiger partial charge in [0.05, 0.1) is 16.7 Å². The summed E-state index contributed by atoms with van der Waals surface area (Å²) in [4.78, 5) is 7.47. The lowest BCUT2D eigenvalue weighted by Gasteiger charge is -2.34. The minimum Gasteiger partial charge on any atom is -0.382 e. The number of rotatable bonds is 7. The number of piperidine rings is 1. The maximum atomic E-state index is 13.8. The molecule has 6 rings (SSSR count). The Balaban J connectivity index is 1.18. The number of nitrogens with zero attached hydrogens (tertiary/aromatic N) is 3. The largest absolute Gasteiger partial charge is 0.382 e. The quantitative estimate of drug-likeness (QED) is 0.256. The molecule has 1 aromatic heterocycles. The molecular formula is C32H34FN5. The molecule has 5 nitrogen and oxygen atoms in total. The number of anilines is 2. The van der Waals surface area contributed by atoms with Crippen LogP contribution >= 0.6 is 0 Å². The van der Waals surface area contributed by atoms with E-state index in [1.165, 1.54) is 30.5 Å². The minimum atomic E-state index is -0.326. The molecule has 2 N–H and O–H groups in total. The van der Waals surface area contributed by atoms with Crippen molar-refractivity contribution in [3.63, 3.8) is 0 Å². The zero-order valence-corrected chi connectivity index (χ0v) is 22.0. The summed E-state index contributed by atoms with van der Waals surface area (Å²) in [5, 5.41) is 12.5. The zero-order chi connectivity index (χ0) is 26.2. The number of nitrogens with one attached hydrogen (secondary N) is 2. The average Bonchev–Trinajstić information content (AvgIpc) is 3.68. The van der Waals surface area contributed by atoms with Gasteiger partial charge in [-0.1, -0.05) is 42.0 Å². The van der Waals surface area contributed by atoms with Crippen molar-refractivity contribution in [2.75, 3.05) is 23.3 Å². The maximum absolute atomic E-state index is 13.8. The van der Waals surface area contributed by atoms with Crippen molar-refractivity contribution in [1.82, 2.24) is 9.55 Å². The Hall–Kier alpha value is -3.93. The molecular weight excluding hydrogens is 473 g/mol. The molecule has 6 heteroatoms. The summed E-state index contributed by atoms with van der Waals surface area (Å²) in [6.07, 6.45) is 6.65. The summed E-state index contributed by atoms with van der Waals surface area (Å²) in [6.45, 7) is 6.05. The normalized spacial score (nSPS) is 16.0. The molecule has 0 radical (unpaired) electrons. The van der Waals surface area contributed by atoms with Crippen LogP contribution in [0.3, 0.4) is 0 Å². The molecule has 1 saturated carbocycles. The van der Waals surface area contributed by atoms with E-state index in [1.807, 2.05) is 12.1 Å². The van der Waals surface area contributed by atoms with Crippen molar-refractivity contribution in [2.24, 2.45) is 0 Å². The number of imidazole rings is 1. The number of halogens is 1. The van der Waals surface area contributed by atoms with E-state index in [-0.39, 0.29) is 5.82 Å². The van der Waals surface area contributed by atoms with E-state index in [2.05, 4.69) is 65.0 Å². The van der Waals surface area contributed by atoms with E-state index in [9.17, 15) is 4.39 Å². The molecule has 1 saturated heterocycles. The molecule has 2 heterocycles. The summed E-state index contributed by atoms with van der Waals surface area (Å²) < 4.78 is 16.3. The number of aromatic nitrogens is 2. The molecule has 0 unspecified atom stereocenters. The van der Waals surface area contributed by atoms with Gasteiger partial charge in [0.15, 0.2) is 0 Å². The molecule has 2 aliphatic rings. The lowest BCUT2D eigenvalue weighted by molar-refractivity contribution is 0.513. The van der Waals surface area contributed by atoms with Gasteiger partial charge in [0, 0.05) is 42.0 Å². The van der Waals surface area contributed by atoms with Crippen molar-refractivity contribution in [3.05, 3.63) is 94.8 Å². The van der Waals surface area contributed by atoms with Gasteiger partial charge in [0.2, 0.25) is 5.95 Å². The van der Waals surface area contributed by atoms with Gasteiger partial charge < -0.3 is 14.8 Å². The molecule has 1 aliphatic heterocycles. The lowest BCUT2D eigenvalue weighted by Crippen LogP contribution is -2.40. The number of fused-ring (bicyclic) bond motifs is 1. The van der Waals surface area contributed by atoms with Gasteiger partial charge in [0.1, 0.15) is 5.82 Å². The van der Waals surface area contributed by atoms with E-state index < -0.39 is 0 Å². The highest BCUT2D eigenvalue weighted by Crippen LogP contribution is 2.41. The third-order valence-electron chi connectivity index (χ3n) is 7.52. The topological polar surface area (TPSA) is 56.9 Å². The van der Waals surface area contributed by atoms with E-state index in [1.54, 1.807) is 12.1 Å². The summed E-state index contributed by atoms with van der Waals surface area (Å²) in [7, 11) is 0. The second kappa shape index (κ2) is 10.1. The predicted molar refractivity (Wildman–Crippen MR) is 155 cm³/mol. The monoisotopic (exact) mass is 507 g/mol. The number of allylic oxidation sites excluding steroid dienone is 1. The lowest BCUT2D eigenvalue weighted by atomic mass is 9.95. The Morgan fingerprint density at radius 3 is 2.50 bits per heavy atom. The van der Waals surface area contributed by atoms with Crippen LogP contribution in [0.4, 0.5) is 16.0 Å². The Morgan fingerprint density at radius 2 is 1.76 bits per heavy atom. The Labute approximate surface area is 223 Å². The third-order valence-corrected chi connectivity index (χ3v) is 7.52. The second-order valence-electron chi connectivity index (χ2n) is 10.8. The first-order chi connectivity index (χ1) is 18.5. The van der Waals surface area contributed by atoms with E-state index in [4.69, 9.17) is 10.4 Å². The van der Waals surface area contributed by atoms with Gasteiger partial charge in [0.25, 0.3) is 0 Å². The number of para-hydroxylation sites is 2. The van der Waals surface area contributed by atoms with Crippen LogP contribution in [-0.2, 0) is 0 Å². The fourth-order valence-corrected chi connectivity index (χ4v) is 5.52. The molecule has 4 aromatic rings. The van der Waals surface area contributed by atoms with Crippen LogP contribution in [0.15, 0.2) is 72.3 Å². The van der Waals surface area contributed by atoms with E-state index >= 15 is 0 Å². The van der Waals surface area contributed by atoms with Gasteiger partial charge in [-0.05, 0) is 81.5 Å². The summed E-state index contributed by atoms with van der Waals surface area (Å²) in [6, 6.07) is 21.9. The van der Waals surface area contributed by atoms with Crippen LogP contribution < -0.4 is 10.2 Å². The highest BCUT2D eigenvalue weighted by Gasteiger charge is 2.31. The first kappa shape index (κ1) is 24.4. The first-order valence-electron chi connectivity index (χ1n) is 13.6. The minimum absolute atomic E-state index is 0.326. The molecule has 2 fully saturated rings. The standard InChI is InChI=1S/C32H34FN5/c1-21(2)18-23-20-26(10-13-28(23)31(34)22-6-5-7-24(33)19-22)35-25-14-16-37(17-15-25)32-36-29-8-3-4-9-30(29)38(32)27-11-12-27/h3-10,13,18-20,25,27,34-35H,11-12,14-17H2,1-2H3.